The quantitative estimate of drug-likeness (QED) is 0.825. The largest absolute Gasteiger partial charge is 0.485 e. The molecule has 5 heteroatoms. The van der Waals surface area contributed by atoms with Crippen LogP contribution in [0.5, 0.6) is 5.75 Å². The minimum absolute atomic E-state index is 0.321. The number of rotatable bonds is 7. The molecule has 19 heavy (non-hydrogen) atoms. The van der Waals surface area contributed by atoms with Crippen LogP contribution in [-0.4, -0.2) is 32.3 Å². The van der Waals surface area contributed by atoms with Crippen LogP contribution in [0.2, 0.25) is 0 Å². The molecule has 1 atom stereocenters. The van der Waals surface area contributed by atoms with Crippen molar-refractivity contribution in [2.75, 3.05) is 25.1 Å². The van der Waals surface area contributed by atoms with E-state index < -0.39 is 13.0 Å². The van der Waals surface area contributed by atoms with E-state index in [4.69, 9.17) is 9.47 Å². The average molecular weight is 271 g/mol. The second-order valence-electron chi connectivity index (χ2n) is 4.55. The van der Waals surface area contributed by atoms with E-state index in [0.717, 1.165) is 38.1 Å². The van der Waals surface area contributed by atoms with Gasteiger partial charge in [-0.2, -0.15) is 0 Å². The summed E-state index contributed by atoms with van der Waals surface area (Å²) < 4.78 is 34.9. The van der Waals surface area contributed by atoms with Gasteiger partial charge in [-0.3, -0.25) is 0 Å². The number of alkyl halides is 2. The molecule has 0 bridgehead atoms. The fraction of sp³-hybridized carbons (Fsp3) is 0.571. The molecule has 1 aromatic carbocycles. The minimum Gasteiger partial charge on any atom is -0.485 e. The van der Waals surface area contributed by atoms with E-state index in [1.807, 2.05) is 12.1 Å². The van der Waals surface area contributed by atoms with E-state index in [2.05, 4.69) is 5.32 Å². The highest BCUT2D eigenvalue weighted by molar-refractivity contribution is 5.56. The maximum absolute atomic E-state index is 12.1. The minimum atomic E-state index is -2.46. The number of benzene rings is 1. The molecule has 1 N–H and O–H groups in total. The van der Waals surface area contributed by atoms with Crippen molar-refractivity contribution in [3.63, 3.8) is 0 Å². The third-order valence-electron chi connectivity index (χ3n) is 3.06. The SMILES string of the molecule is FC(F)COc1ccccc1NCC[C@H]1CCCO1. The molecule has 1 aromatic rings. The van der Waals surface area contributed by atoms with E-state index >= 15 is 0 Å². The zero-order valence-corrected chi connectivity index (χ0v) is 10.8. The lowest BCUT2D eigenvalue weighted by Gasteiger charge is -2.14. The molecule has 1 fully saturated rings. The molecule has 0 aliphatic carbocycles. The number of hydrogen-bond acceptors (Lipinski definition) is 3. The standard InChI is InChI=1S/C14H19F2NO2/c15-14(16)10-19-13-6-2-1-5-12(13)17-8-7-11-4-3-9-18-11/h1-2,5-6,11,14,17H,3-4,7-10H2/t11-/m1/s1. The molecule has 0 aromatic heterocycles. The molecule has 0 saturated carbocycles. The number of anilines is 1. The summed E-state index contributed by atoms with van der Waals surface area (Å²) in [6.45, 7) is 1.02. The van der Waals surface area contributed by atoms with Crippen molar-refractivity contribution in [3.8, 4) is 5.75 Å². The van der Waals surface area contributed by atoms with Crippen LogP contribution in [0.25, 0.3) is 0 Å². The monoisotopic (exact) mass is 271 g/mol. The first-order valence-electron chi connectivity index (χ1n) is 6.61. The van der Waals surface area contributed by atoms with Gasteiger partial charge in [0.15, 0.2) is 0 Å². The number of para-hydroxylation sites is 2. The Morgan fingerprint density at radius 3 is 2.95 bits per heavy atom. The first-order valence-corrected chi connectivity index (χ1v) is 6.61. The van der Waals surface area contributed by atoms with Gasteiger partial charge in [0.05, 0.1) is 11.8 Å². The molecule has 106 valence electrons. The van der Waals surface area contributed by atoms with Crippen molar-refractivity contribution in [1.29, 1.82) is 0 Å². The Bertz CT molecular complexity index is 381. The van der Waals surface area contributed by atoms with Gasteiger partial charge in [0.25, 0.3) is 6.43 Å². The third kappa shape index (κ3) is 4.67. The topological polar surface area (TPSA) is 30.5 Å². The lowest BCUT2D eigenvalue weighted by atomic mass is 10.2. The Hall–Kier alpha value is -1.36. The summed E-state index contributed by atoms with van der Waals surface area (Å²) in [5.74, 6) is 0.468. The Balaban J connectivity index is 1.80. The number of halogens is 2. The Morgan fingerprint density at radius 1 is 1.37 bits per heavy atom. The van der Waals surface area contributed by atoms with Gasteiger partial charge in [-0.25, -0.2) is 8.78 Å². The first kappa shape index (κ1) is 14.1. The lowest BCUT2D eigenvalue weighted by molar-refractivity contribution is 0.0822. The van der Waals surface area contributed by atoms with Crippen LogP contribution in [0.15, 0.2) is 24.3 Å². The Kier molecular flexibility index (Phi) is 5.39. The van der Waals surface area contributed by atoms with Crippen molar-refractivity contribution < 1.29 is 18.3 Å². The van der Waals surface area contributed by atoms with Gasteiger partial charge >= 0.3 is 0 Å². The smallest absolute Gasteiger partial charge is 0.272 e. The molecular weight excluding hydrogens is 252 g/mol. The van der Waals surface area contributed by atoms with Gasteiger partial charge in [-0.15, -0.1) is 0 Å². The maximum atomic E-state index is 12.1. The second kappa shape index (κ2) is 7.28. The normalized spacial score (nSPS) is 18.8. The molecule has 1 saturated heterocycles. The summed E-state index contributed by atoms with van der Waals surface area (Å²) in [6.07, 6.45) is 1.01. The molecule has 2 rings (SSSR count). The van der Waals surface area contributed by atoms with Crippen molar-refractivity contribution in [2.45, 2.75) is 31.8 Å². The van der Waals surface area contributed by atoms with Crippen LogP contribution in [0, 0.1) is 0 Å². The Labute approximate surface area is 111 Å². The second-order valence-corrected chi connectivity index (χ2v) is 4.55. The van der Waals surface area contributed by atoms with Crippen LogP contribution in [-0.2, 0) is 4.74 Å². The predicted octanol–water partition coefficient (Wildman–Crippen LogP) is 3.31. The summed E-state index contributed by atoms with van der Waals surface area (Å²) in [5.41, 5.74) is 0.751. The fourth-order valence-electron chi connectivity index (χ4n) is 2.13. The van der Waals surface area contributed by atoms with E-state index in [1.165, 1.54) is 0 Å². The van der Waals surface area contributed by atoms with Crippen molar-refractivity contribution >= 4 is 5.69 Å². The van der Waals surface area contributed by atoms with E-state index in [-0.39, 0.29) is 0 Å². The molecular formula is C14H19F2NO2. The lowest BCUT2D eigenvalue weighted by Crippen LogP contribution is -2.14. The fourth-order valence-corrected chi connectivity index (χ4v) is 2.13. The third-order valence-corrected chi connectivity index (χ3v) is 3.06. The summed E-state index contributed by atoms with van der Waals surface area (Å²) in [6, 6.07) is 7.14. The number of hydrogen-bond donors (Lipinski definition) is 1. The molecule has 0 radical (unpaired) electrons. The van der Waals surface area contributed by atoms with Crippen LogP contribution in [0.4, 0.5) is 14.5 Å². The van der Waals surface area contributed by atoms with Crippen LogP contribution < -0.4 is 10.1 Å². The molecule has 1 heterocycles. The molecule has 0 unspecified atom stereocenters. The van der Waals surface area contributed by atoms with E-state index in [9.17, 15) is 8.78 Å². The highest BCUT2D eigenvalue weighted by Gasteiger charge is 2.15. The predicted molar refractivity (Wildman–Crippen MR) is 70.0 cm³/mol. The van der Waals surface area contributed by atoms with E-state index in [0.29, 0.717) is 11.9 Å². The molecule has 3 nitrogen and oxygen atoms in total. The van der Waals surface area contributed by atoms with Crippen LogP contribution >= 0.6 is 0 Å². The van der Waals surface area contributed by atoms with E-state index in [1.54, 1.807) is 12.1 Å². The van der Waals surface area contributed by atoms with Gasteiger partial charge in [-0.05, 0) is 31.4 Å². The van der Waals surface area contributed by atoms with Crippen molar-refractivity contribution in [3.05, 3.63) is 24.3 Å². The average Bonchev–Trinajstić information content (AvgIpc) is 2.91. The number of ether oxygens (including phenoxy) is 2. The molecule has 1 aliphatic heterocycles. The van der Waals surface area contributed by atoms with Crippen LogP contribution in [0.3, 0.4) is 0 Å². The maximum Gasteiger partial charge on any atom is 0.272 e. The first-order chi connectivity index (χ1) is 9.25. The van der Waals surface area contributed by atoms with Crippen molar-refractivity contribution in [1.82, 2.24) is 0 Å². The summed E-state index contributed by atoms with van der Waals surface area (Å²) in [5, 5.41) is 3.21. The molecule has 1 aliphatic rings. The zero-order chi connectivity index (χ0) is 13.5. The Morgan fingerprint density at radius 2 is 2.21 bits per heavy atom. The molecule has 0 amide bonds. The van der Waals surface area contributed by atoms with Gasteiger partial charge < -0.3 is 14.8 Å². The summed E-state index contributed by atoms with van der Waals surface area (Å²) in [4.78, 5) is 0. The summed E-state index contributed by atoms with van der Waals surface area (Å²) in [7, 11) is 0. The van der Waals surface area contributed by atoms with Crippen LogP contribution in [0.1, 0.15) is 19.3 Å². The van der Waals surface area contributed by atoms with Gasteiger partial charge in [0, 0.05) is 13.2 Å². The highest BCUT2D eigenvalue weighted by Crippen LogP contribution is 2.24. The molecule has 0 spiro atoms. The zero-order valence-electron chi connectivity index (χ0n) is 10.8. The van der Waals surface area contributed by atoms with Crippen molar-refractivity contribution in [2.24, 2.45) is 0 Å². The summed E-state index contributed by atoms with van der Waals surface area (Å²) >= 11 is 0. The van der Waals surface area contributed by atoms with Gasteiger partial charge in [0.2, 0.25) is 0 Å². The highest BCUT2D eigenvalue weighted by atomic mass is 19.3. The number of nitrogens with one attached hydrogen (secondary N) is 1. The van der Waals surface area contributed by atoms with Gasteiger partial charge in [0.1, 0.15) is 12.4 Å². The van der Waals surface area contributed by atoms with Gasteiger partial charge in [-0.1, -0.05) is 12.1 Å².